The zero-order valence-electron chi connectivity index (χ0n) is 14.7. The van der Waals surface area contributed by atoms with Crippen LogP contribution in [0.5, 0.6) is 0 Å². The second kappa shape index (κ2) is 8.32. The van der Waals surface area contributed by atoms with Gasteiger partial charge in [-0.05, 0) is 49.8 Å². The molecule has 5 nitrogen and oxygen atoms in total. The normalized spacial score (nSPS) is 19.8. The van der Waals surface area contributed by atoms with E-state index in [-0.39, 0.29) is 5.91 Å². The van der Waals surface area contributed by atoms with Gasteiger partial charge in [-0.25, -0.2) is 8.42 Å². The third-order valence-electron chi connectivity index (χ3n) is 5.24. The largest absolute Gasteiger partial charge is 0.353 e. The van der Waals surface area contributed by atoms with E-state index in [4.69, 9.17) is 0 Å². The molecule has 1 amide bonds. The monoisotopic (exact) mass is 364 g/mol. The number of hydrogen-bond acceptors (Lipinski definition) is 3. The van der Waals surface area contributed by atoms with Crippen LogP contribution >= 0.6 is 0 Å². The topological polar surface area (TPSA) is 66.5 Å². The van der Waals surface area contributed by atoms with Crippen LogP contribution in [0.3, 0.4) is 0 Å². The van der Waals surface area contributed by atoms with Crippen LogP contribution in [0.15, 0.2) is 29.2 Å². The molecule has 1 saturated heterocycles. The lowest BCUT2D eigenvalue weighted by Gasteiger charge is -2.25. The Bertz CT molecular complexity index is 673. The molecule has 2 aliphatic rings. The molecule has 1 aliphatic heterocycles. The number of benzene rings is 1. The second-order valence-electron chi connectivity index (χ2n) is 7.16. The smallest absolute Gasteiger partial charge is 0.243 e. The Morgan fingerprint density at radius 3 is 2.28 bits per heavy atom. The van der Waals surface area contributed by atoms with E-state index in [0.29, 0.717) is 36.9 Å². The van der Waals surface area contributed by atoms with Gasteiger partial charge in [-0.15, -0.1) is 0 Å². The summed E-state index contributed by atoms with van der Waals surface area (Å²) in [4.78, 5) is 12.3. The number of sulfonamides is 1. The Labute approximate surface area is 150 Å². The summed E-state index contributed by atoms with van der Waals surface area (Å²) in [6, 6.07) is 7.37. The van der Waals surface area contributed by atoms with Gasteiger partial charge in [0.25, 0.3) is 0 Å². The molecular weight excluding hydrogens is 336 g/mol. The van der Waals surface area contributed by atoms with Crippen molar-refractivity contribution in [2.24, 2.45) is 0 Å². The molecule has 0 atom stereocenters. The zero-order chi connectivity index (χ0) is 17.7. The van der Waals surface area contributed by atoms with Crippen molar-refractivity contribution in [1.82, 2.24) is 9.62 Å². The van der Waals surface area contributed by atoms with E-state index in [0.717, 1.165) is 37.7 Å². The van der Waals surface area contributed by atoms with Gasteiger partial charge in [0, 0.05) is 25.6 Å². The van der Waals surface area contributed by atoms with E-state index in [2.05, 4.69) is 5.32 Å². The number of carbonyl (C=O) groups is 1. The number of nitrogens with one attached hydrogen (secondary N) is 1. The molecule has 1 aromatic rings. The average molecular weight is 365 g/mol. The third kappa shape index (κ3) is 4.82. The maximum absolute atomic E-state index is 12.6. The highest BCUT2D eigenvalue weighted by molar-refractivity contribution is 7.89. The van der Waals surface area contributed by atoms with E-state index >= 15 is 0 Å². The predicted octanol–water partition coefficient (Wildman–Crippen LogP) is 2.85. The third-order valence-corrected chi connectivity index (χ3v) is 7.15. The van der Waals surface area contributed by atoms with Crippen molar-refractivity contribution < 1.29 is 13.2 Å². The summed E-state index contributed by atoms with van der Waals surface area (Å²) >= 11 is 0. The van der Waals surface area contributed by atoms with Crippen LogP contribution in [0.1, 0.15) is 56.9 Å². The van der Waals surface area contributed by atoms with Crippen LogP contribution in [0.25, 0.3) is 0 Å². The van der Waals surface area contributed by atoms with Gasteiger partial charge >= 0.3 is 0 Å². The van der Waals surface area contributed by atoms with Gasteiger partial charge in [0.05, 0.1) is 4.90 Å². The van der Waals surface area contributed by atoms with Crippen LogP contribution in [0, 0.1) is 0 Å². The van der Waals surface area contributed by atoms with Crippen molar-refractivity contribution in [3.05, 3.63) is 29.8 Å². The van der Waals surface area contributed by atoms with E-state index in [1.54, 1.807) is 16.4 Å². The van der Waals surface area contributed by atoms with Gasteiger partial charge in [0.1, 0.15) is 0 Å². The molecule has 1 N–H and O–H groups in total. The summed E-state index contributed by atoms with van der Waals surface area (Å²) in [5.74, 6) is 0.0944. The minimum Gasteiger partial charge on any atom is -0.353 e. The molecule has 0 spiro atoms. The van der Waals surface area contributed by atoms with Crippen LogP contribution in [0.4, 0.5) is 0 Å². The molecule has 0 aromatic heterocycles. The van der Waals surface area contributed by atoms with Gasteiger partial charge in [0.15, 0.2) is 0 Å². The SMILES string of the molecule is O=C(CCc1ccc(S(=O)(=O)N2CCCCC2)cc1)NC1CCCC1. The number of amides is 1. The van der Waals surface area contributed by atoms with Crippen molar-refractivity contribution in [1.29, 1.82) is 0 Å². The first kappa shape index (κ1) is 18.4. The van der Waals surface area contributed by atoms with Crippen molar-refractivity contribution in [2.75, 3.05) is 13.1 Å². The van der Waals surface area contributed by atoms with E-state index in [9.17, 15) is 13.2 Å². The lowest BCUT2D eigenvalue weighted by molar-refractivity contribution is -0.121. The number of nitrogens with zero attached hydrogens (tertiary/aromatic N) is 1. The summed E-state index contributed by atoms with van der Waals surface area (Å²) in [5.41, 5.74) is 0.999. The van der Waals surface area contributed by atoms with Gasteiger partial charge in [0.2, 0.25) is 15.9 Å². The summed E-state index contributed by atoms with van der Waals surface area (Å²) in [5, 5.41) is 3.09. The van der Waals surface area contributed by atoms with Gasteiger partial charge in [-0.2, -0.15) is 4.31 Å². The summed E-state index contributed by atoms with van der Waals surface area (Å²) in [6.45, 7) is 1.23. The van der Waals surface area contributed by atoms with Crippen LogP contribution in [-0.2, 0) is 21.2 Å². The molecule has 0 radical (unpaired) electrons. The molecule has 0 unspecified atom stereocenters. The number of rotatable bonds is 6. The molecule has 6 heteroatoms. The lowest BCUT2D eigenvalue weighted by Crippen LogP contribution is -2.35. The molecule has 1 saturated carbocycles. The maximum Gasteiger partial charge on any atom is 0.243 e. The minimum atomic E-state index is -3.37. The first-order chi connectivity index (χ1) is 12.1. The van der Waals surface area contributed by atoms with Crippen molar-refractivity contribution in [2.45, 2.75) is 68.7 Å². The fraction of sp³-hybridized carbons (Fsp3) is 0.632. The fourth-order valence-electron chi connectivity index (χ4n) is 3.71. The van der Waals surface area contributed by atoms with Gasteiger partial charge in [-0.1, -0.05) is 31.4 Å². The number of hydrogen-bond donors (Lipinski definition) is 1. The van der Waals surface area contributed by atoms with Gasteiger partial charge in [-0.3, -0.25) is 4.79 Å². The fourth-order valence-corrected chi connectivity index (χ4v) is 5.23. The Kier molecular flexibility index (Phi) is 6.12. The molecule has 138 valence electrons. The summed E-state index contributed by atoms with van der Waals surface area (Å²) in [6.07, 6.45) is 8.67. The molecule has 1 aromatic carbocycles. The van der Waals surface area contributed by atoms with Crippen LogP contribution < -0.4 is 5.32 Å². The number of carbonyl (C=O) groups excluding carboxylic acids is 1. The average Bonchev–Trinajstić information content (AvgIpc) is 3.14. The Hall–Kier alpha value is -1.40. The van der Waals surface area contributed by atoms with Crippen molar-refractivity contribution >= 4 is 15.9 Å². The Balaban J connectivity index is 1.53. The molecule has 2 fully saturated rings. The van der Waals surface area contributed by atoms with Gasteiger partial charge < -0.3 is 5.32 Å². The quantitative estimate of drug-likeness (QED) is 0.844. The minimum absolute atomic E-state index is 0.0944. The number of aryl methyl sites for hydroxylation is 1. The number of piperidine rings is 1. The molecule has 3 rings (SSSR count). The highest BCUT2D eigenvalue weighted by atomic mass is 32.2. The predicted molar refractivity (Wildman–Crippen MR) is 97.8 cm³/mol. The Morgan fingerprint density at radius 1 is 1.00 bits per heavy atom. The van der Waals surface area contributed by atoms with E-state index < -0.39 is 10.0 Å². The van der Waals surface area contributed by atoms with Crippen LogP contribution in [0.2, 0.25) is 0 Å². The summed E-state index contributed by atoms with van der Waals surface area (Å²) < 4.78 is 26.8. The molecule has 0 bridgehead atoms. The standard InChI is InChI=1S/C19H28N2O3S/c22-19(20-17-6-2-3-7-17)13-10-16-8-11-18(12-9-16)25(23,24)21-14-4-1-5-15-21/h8-9,11-12,17H,1-7,10,13-15H2,(H,20,22). The van der Waals surface area contributed by atoms with E-state index in [1.807, 2.05) is 12.1 Å². The first-order valence-corrected chi connectivity index (χ1v) is 10.9. The highest BCUT2D eigenvalue weighted by Gasteiger charge is 2.25. The lowest BCUT2D eigenvalue weighted by atomic mass is 10.1. The molecular formula is C19H28N2O3S. The van der Waals surface area contributed by atoms with Crippen molar-refractivity contribution in [3.63, 3.8) is 0 Å². The van der Waals surface area contributed by atoms with Crippen molar-refractivity contribution in [3.8, 4) is 0 Å². The molecule has 25 heavy (non-hydrogen) atoms. The zero-order valence-corrected chi connectivity index (χ0v) is 15.6. The maximum atomic E-state index is 12.6. The highest BCUT2D eigenvalue weighted by Crippen LogP contribution is 2.21. The first-order valence-electron chi connectivity index (χ1n) is 9.44. The molecule has 1 aliphatic carbocycles. The second-order valence-corrected chi connectivity index (χ2v) is 9.10. The molecule has 1 heterocycles. The summed E-state index contributed by atoms with van der Waals surface area (Å²) in [7, 11) is -3.37. The van der Waals surface area contributed by atoms with Crippen LogP contribution in [-0.4, -0.2) is 37.8 Å². The Morgan fingerprint density at radius 2 is 1.64 bits per heavy atom. The van der Waals surface area contributed by atoms with E-state index in [1.165, 1.54) is 12.8 Å².